The van der Waals surface area contributed by atoms with Gasteiger partial charge in [0.2, 0.25) is 5.82 Å². The Morgan fingerprint density at radius 3 is 2.07 bits per heavy atom. The Morgan fingerprint density at radius 2 is 1.50 bits per heavy atom. The molecular weight excluding hydrogens is 289 g/mol. The molecular formula is C9H7IN4. The van der Waals surface area contributed by atoms with Gasteiger partial charge in [-0.3, -0.25) is 0 Å². The second kappa shape index (κ2) is 3.95. The molecule has 1 aromatic heterocycles. The van der Waals surface area contributed by atoms with Crippen LogP contribution in [0.5, 0.6) is 0 Å². The van der Waals surface area contributed by atoms with Crippen LogP contribution in [0, 0.1) is 10.5 Å². The van der Waals surface area contributed by atoms with Gasteiger partial charge in [-0.05, 0) is 41.6 Å². The number of nitrogens with zero attached hydrogens (tertiary/aromatic N) is 4. The van der Waals surface area contributed by atoms with E-state index in [1.807, 2.05) is 24.3 Å². The maximum Gasteiger partial charge on any atom is 0.203 e. The maximum atomic E-state index is 3.95. The summed E-state index contributed by atoms with van der Waals surface area (Å²) in [6, 6.07) is 7.91. The highest BCUT2D eigenvalue weighted by atomic mass is 125. The monoisotopic (exact) mass is 296 g/mol. The molecule has 70 valence electrons. The zero-order valence-corrected chi connectivity index (χ0v) is 9.63. The summed E-state index contributed by atoms with van der Waals surface area (Å²) in [5, 5.41) is 15.6. The smallest absolute Gasteiger partial charge is 0.131 e. The average molecular weight is 296 g/mol. The lowest BCUT2D eigenvalue weighted by Crippen LogP contribution is -1.98. The van der Waals surface area contributed by atoms with Crippen LogP contribution in [0.15, 0.2) is 24.3 Å². The van der Waals surface area contributed by atoms with Gasteiger partial charge in [0.15, 0.2) is 5.82 Å². The van der Waals surface area contributed by atoms with Crippen LogP contribution < -0.4 is 0 Å². The number of aromatic nitrogens is 4. The SMILES string of the molecule is Cc1nnc(-c2ccc([125I])cc2)nn1. The fourth-order valence-corrected chi connectivity index (χ4v) is 1.35. The van der Waals surface area contributed by atoms with Gasteiger partial charge in [-0.25, -0.2) is 0 Å². The molecule has 0 unspecified atom stereocenters. The van der Waals surface area contributed by atoms with Crippen LogP contribution in [0.4, 0.5) is 0 Å². The number of rotatable bonds is 1. The fourth-order valence-electron chi connectivity index (χ4n) is 0.994. The molecule has 2 aromatic rings. The minimum Gasteiger partial charge on any atom is -0.131 e. The van der Waals surface area contributed by atoms with Gasteiger partial charge in [0.1, 0.15) is 0 Å². The van der Waals surface area contributed by atoms with E-state index >= 15 is 0 Å². The molecule has 0 spiro atoms. The molecule has 0 aliphatic rings. The zero-order chi connectivity index (χ0) is 9.97. The van der Waals surface area contributed by atoms with Crippen LogP contribution >= 0.6 is 22.6 Å². The Bertz CT molecular complexity index is 380. The predicted molar refractivity (Wildman–Crippen MR) is 60.5 cm³/mol. The van der Waals surface area contributed by atoms with Gasteiger partial charge in [0.05, 0.1) is 0 Å². The first kappa shape index (κ1) is 9.45. The van der Waals surface area contributed by atoms with E-state index in [9.17, 15) is 0 Å². The topological polar surface area (TPSA) is 51.6 Å². The predicted octanol–water partition coefficient (Wildman–Crippen LogP) is 1.85. The Labute approximate surface area is 94.9 Å². The van der Waals surface area contributed by atoms with E-state index in [1.54, 1.807) is 6.92 Å². The van der Waals surface area contributed by atoms with Crippen molar-refractivity contribution < 1.29 is 0 Å². The second-order valence-electron chi connectivity index (χ2n) is 2.78. The molecule has 0 saturated carbocycles. The molecule has 0 saturated heterocycles. The van der Waals surface area contributed by atoms with E-state index in [0.717, 1.165) is 5.56 Å². The summed E-state index contributed by atoms with van der Waals surface area (Å²) in [5.41, 5.74) is 0.936. The quantitative estimate of drug-likeness (QED) is 0.754. The lowest BCUT2D eigenvalue weighted by atomic mass is 10.2. The highest BCUT2D eigenvalue weighted by Gasteiger charge is 2.01. The van der Waals surface area contributed by atoms with Gasteiger partial charge in [-0.1, -0.05) is 12.1 Å². The third-order valence-electron chi connectivity index (χ3n) is 1.68. The molecule has 0 fully saturated rings. The lowest BCUT2D eigenvalue weighted by molar-refractivity contribution is 0.816. The molecule has 2 rings (SSSR count). The Balaban J connectivity index is 2.40. The van der Waals surface area contributed by atoms with Gasteiger partial charge >= 0.3 is 0 Å². The first-order valence-electron chi connectivity index (χ1n) is 4.05. The molecule has 0 aliphatic heterocycles. The van der Waals surface area contributed by atoms with Crippen molar-refractivity contribution >= 4 is 22.6 Å². The number of halogens is 1. The van der Waals surface area contributed by atoms with Gasteiger partial charge in [0.25, 0.3) is 0 Å². The molecule has 14 heavy (non-hydrogen) atoms. The van der Waals surface area contributed by atoms with Gasteiger partial charge in [0, 0.05) is 9.13 Å². The largest absolute Gasteiger partial charge is 0.203 e. The van der Waals surface area contributed by atoms with E-state index in [4.69, 9.17) is 0 Å². The fraction of sp³-hybridized carbons (Fsp3) is 0.111. The molecule has 0 atom stereocenters. The minimum atomic E-state index is 0.562. The van der Waals surface area contributed by atoms with Crippen molar-refractivity contribution in [3.8, 4) is 11.4 Å². The molecule has 0 aliphatic carbocycles. The normalized spacial score (nSPS) is 10.1. The van der Waals surface area contributed by atoms with Crippen molar-refractivity contribution in [1.82, 2.24) is 20.4 Å². The summed E-state index contributed by atoms with van der Waals surface area (Å²) in [6.07, 6.45) is 0. The summed E-state index contributed by atoms with van der Waals surface area (Å²) in [5.74, 6) is 1.14. The minimum absolute atomic E-state index is 0.562. The van der Waals surface area contributed by atoms with E-state index in [1.165, 1.54) is 3.57 Å². The summed E-state index contributed by atoms with van der Waals surface area (Å²) in [4.78, 5) is 0. The zero-order valence-electron chi connectivity index (χ0n) is 7.48. The molecule has 4 nitrogen and oxygen atoms in total. The van der Waals surface area contributed by atoms with Gasteiger partial charge < -0.3 is 0 Å². The maximum absolute atomic E-state index is 3.95. The van der Waals surface area contributed by atoms with Crippen molar-refractivity contribution in [3.63, 3.8) is 0 Å². The average Bonchev–Trinajstić information content (AvgIpc) is 2.21. The van der Waals surface area contributed by atoms with E-state index < -0.39 is 0 Å². The molecule has 0 amide bonds. The van der Waals surface area contributed by atoms with Crippen molar-refractivity contribution in [2.24, 2.45) is 0 Å². The summed E-state index contributed by atoms with van der Waals surface area (Å²) in [6.45, 7) is 1.76. The molecule has 5 heteroatoms. The Kier molecular flexibility index (Phi) is 2.67. The van der Waals surface area contributed by atoms with Crippen LogP contribution in [0.1, 0.15) is 5.82 Å². The first-order chi connectivity index (χ1) is 6.75. The van der Waals surface area contributed by atoms with Crippen LogP contribution in [-0.2, 0) is 0 Å². The summed E-state index contributed by atoms with van der Waals surface area (Å²) >= 11 is 2.25. The number of hydrogen-bond donors (Lipinski definition) is 0. The first-order valence-corrected chi connectivity index (χ1v) is 5.13. The van der Waals surface area contributed by atoms with Gasteiger partial charge in [-0.15, -0.1) is 20.4 Å². The molecule has 1 heterocycles. The van der Waals surface area contributed by atoms with E-state index in [-0.39, 0.29) is 0 Å². The van der Waals surface area contributed by atoms with Gasteiger partial charge in [-0.2, -0.15) is 0 Å². The number of benzene rings is 1. The molecule has 0 bridgehead atoms. The number of hydrogen-bond acceptors (Lipinski definition) is 4. The van der Waals surface area contributed by atoms with E-state index in [2.05, 4.69) is 43.0 Å². The van der Waals surface area contributed by atoms with Crippen LogP contribution in [-0.4, -0.2) is 20.4 Å². The van der Waals surface area contributed by atoms with Crippen molar-refractivity contribution in [1.29, 1.82) is 0 Å². The summed E-state index contributed by atoms with van der Waals surface area (Å²) < 4.78 is 1.18. The van der Waals surface area contributed by atoms with Crippen LogP contribution in [0.2, 0.25) is 0 Å². The number of aryl methyl sites for hydroxylation is 1. The summed E-state index contributed by atoms with van der Waals surface area (Å²) in [7, 11) is 0. The van der Waals surface area contributed by atoms with E-state index in [0.29, 0.717) is 11.6 Å². The third-order valence-corrected chi connectivity index (χ3v) is 2.40. The standard InChI is InChI=1S/C9H7IN4/c1-6-11-13-9(14-12-6)7-2-4-8(10)5-3-7/h2-5H,1H3/i10-2. The highest BCUT2D eigenvalue weighted by molar-refractivity contribution is 14.1. The van der Waals surface area contributed by atoms with Crippen molar-refractivity contribution in [3.05, 3.63) is 33.7 Å². The van der Waals surface area contributed by atoms with Crippen molar-refractivity contribution in [2.75, 3.05) is 0 Å². The van der Waals surface area contributed by atoms with Crippen LogP contribution in [0.25, 0.3) is 11.4 Å². The molecule has 1 aromatic carbocycles. The second-order valence-corrected chi connectivity index (χ2v) is 4.02. The lowest BCUT2D eigenvalue weighted by Gasteiger charge is -1.97. The molecule has 0 radical (unpaired) electrons. The van der Waals surface area contributed by atoms with Crippen molar-refractivity contribution in [2.45, 2.75) is 6.92 Å². The third kappa shape index (κ3) is 2.03. The molecule has 0 N–H and O–H groups in total. The highest BCUT2D eigenvalue weighted by Crippen LogP contribution is 2.14. The Morgan fingerprint density at radius 1 is 0.929 bits per heavy atom. The Hall–Kier alpha value is -1.11. The van der Waals surface area contributed by atoms with Crippen LogP contribution in [0.3, 0.4) is 0 Å².